The van der Waals surface area contributed by atoms with Gasteiger partial charge in [-0.15, -0.1) is 0 Å². The van der Waals surface area contributed by atoms with E-state index >= 15 is 4.39 Å². The third-order valence-corrected chi connectivity index (χ3v) is 6.42. The van der Waals surface area contributed by atoms with Gasteiger partial charge in [0, 0.05) is 34.8 Å². The highest BCUT2D eigenvalue weighted by molar-refractivity contribution is 6.34. The van der Waals surface area contributed by atoms with Gasteiger partial charge in [0.25, 0.3) is 5.91 Å². The molecule has 0 fully saturated rings. The van der Waals surface area contributed by atoms with Gasteiger partial charge < -0.3 is 16.0 Å². The summed E-state index contributed by atoms with van der Waals surface area (Å²) in [6.45, 7) is 4.94. The molecule has 3 N–H and O–H groups in total. The first kappa shape index (κ1) is 29.7. The normalized spacial score (nSPS) is 11.8. The molecule has 41 heavy (non-hydrogen) atoms. The molecule has 12 heteroatoms. The molecular formula is C29H24ClF5N4O2. The average Bonchev–Trinajstić information content (AvgIpc) is 2.88. The number of fused-ring (bicyclic) bond motifs is 1. The first-order valence-corrected chi connectivity index (χ1v) is 12.6. The Morgan fingerprint density at radius 2 is 1.66 bits per heavy atom. The molecule has 0 radical (unpaired) electrons. The lowest BCUT2D eigenvalue weighted by molar-refractivity contribution is -0.137. The largest absolute Gasteiger partial charge is 0.416 e. The number of rotatable bonds is 6. The second kappa shape index (κ2) is 11.3. The predicted octanol–water partition coefficient (Wildman–Crippen LogP) is 7.84. The fourth-order valence-electron chi connectivity index (χ4n) is 3.89. The molecule has 1 heterocycles. The van der Waals surface area contributed by atoms with Gasteiger partial charge in [-0.2, -0.15) is 13.2 Å². The van der Waals surface area contributed by atoms with Gasteiger partial charge in [-0.1, -0.05) is 50.6 Å². The van der Waals surface area contributed by atoms with Crippen molar-refractivity contribution in [2.24, 2.45) is 5.41 Å². The number of hydrogen-bond acceptors (Lipinski definition) is 4. The Morgan fingerprint density at radius 1 is 0.927 bits per heavy atom. The number of pyridine rings is 1. The Balaban J connectivity index is 1.64. The van der Waals surface area contributed by atoms with E-state index < -0.39 is 45.9 Å². The number of para-hydroxylation sites is 1. The molecular weight excluding hydrogens is 567 g/mol. The van der Waals surface area contributed by atoms with E-state index in [1.54, 1.807) is 26.8 Å². The SMILES string of the molecule is CC(C)(C)C(=O)NCc1ccc(Cl)c(C(=O)Nc2cccc3c(Nc4cc(C(F)(F)F)ccc4F)ccnc23)c1F. The summed E-state index contributed by atoms with van der Waals surface area (Å²) in [5.41, 5.74) is -2.01. The summed E-state index contributed by atoms with van der Waals surface area (Å²) in [6, 6.07) is 10.7. The minimum atomic E-state index is -4.67. The van der Waals surface area contributed by atoms with Gasteiger partial charge in [0.2, 0.25) is 5.91 Å². The van der Waals surface area contributed by atoms with Crippen molar-refractivity contribution in [1.29, 1.82) is 0 Å². The van der Waals surface area contributed by atoms with Crippen LogP contribution in [0.2, 0.25) is 5.02 Å². The molecule has 6 nitrogen and oxygen atoms in total. The number of alkyl halides is 3. The van der Waals surface area contributed by atoms with Crippen LogP contribution in [0.4, 0.5) is 39.0 Å². The van der Waals surface area contributed by atoms with E-state index in [0.717, 1.165) is 0 Å². The van der Waals surface area contributed by atoms with E-state index in [9.17, 15) is 27.2 Å². The zero-order chi connectivity index (χ0) is 30.1. The third-order valence-electron chi connectivity index (χ3n) is 6.10. The quantitative estimate of drug-likeness (QED) is 0.200. The van der Waals surface area contributed by atoms with Gasteiger partial charge in [-0.05, 0) is 36.4 Å². The average molecular weight is 591 g/mol. The Labute approximate surface area is 236 Å². The van der Waals surface area contributed by atoms with Crippen LogP contribution in [0.3, 0.4) is 0 Å². The van der Waals surface area contributed by atoms with Gasteiger partial charge in [0.15, 0.2) is 0 Å². The van der Waals surface area contributed by atoms with Crippen molar-refractivity contribution < 1.29 is 31.5 Å². The maximum atomic E-state index is 15.4. The summed E-state index contributed by atoms with van der Waals surface area (Å²) < 4.78 is 69.2. The lowest BCUT2D eigenvalue weighted by Crippen LogP contribution is -2.34. The number of benzene rings is 3. The predicted molar refractivity (Wildman–Crippen MR) is 147 cm³/mol. The van der Waals surface area contributed by atoms with Crippen LogP contribution in [0.1, 0.15) is 42.3 Å². The van der Waals surface area contributed by atoms with E-state index in [1.807, 2.05) is 0 Å². The van der Waals surface area contributed by atoms with Gasteiger partial charge in [0.1, 0.15) is 11.6 Å². The van der Waals surface area contributed by atoms with Crippen molar-refractivity contribution in [3.05, 3.63) is 94.1 Å². The van der Waals surface area contributed by atoms with Crippen molar-refractivity contribution in [3.8, 4) is 0 Å². The lowest BCUT2D eigenvalue weighted by atomic mass is 9.95. The molecule has 4 aromatic rings. The molecule has 0 aliphatic carbocycles. The number of carbonyl (C=O) groups excluding carboxylic acids is 2. The van der Waals surface area contributed by atoms with E-state index in [1.165, 1.54) is 36.5 Å². The van der Waals surface area contributed by atoms with Crippen LogP contribution in [-0.4, -0.2) is 16.8 Å². The molecule has 0 atom stereocenters. The lowest BCUT2D eigenvalue weighted by Gasteiger charge is -2.18. The minimum Gasteiger partial charge on any atom is -0.353 e. The Bertz CT molecular complexity index is 1650. The van der Waals surface area contributed by atoms with Gasteiger partial charge in [-0.25, -0.2) is 8.78 Å². The highest BCUT2D eigenvalue weighted by atomic mass is 35.5. The Kier molecular flexibility index (Phi) is 8.21. The molecule has 0 unspecified atom stereocenters. The van der Waals surface area contributed by atoms with Crippen LogP contribution in [0.15, 0.2) is 60.8 Å². The summed E-state index contributed by atoms with van der Waals surface area (Å²) in [7, 11) is 0. The molecule has 0 spiro atoms. The molecule has 3 aromatic carbocycles. The standard InChI is InChI=1S/C29H24ClF5N4O2/c1-28(2,3)27(41)37-14-15-7-9-18(30)23(24(15)32)26(40)39-21-6-4-5-17-20(11-12-36-25(17)21)38-22-13-16(29(33,34)35)8-10-19(22)31/h4-13H,14H2,1-3H3,(H,36,38)(H,37,41)(H,39,40). The molecule has 0 bridgehead atoms. The highest BCUT2D eigenvalue weighted by Gasteiger charge is 2.31. The molecule has 2 amide bonds. The summed E-state index contributed by atoms with van der Waals surface area (Å²) in [5, 5.41) is 8.02. The zero-order valence-corrected chi connectivity index (χ0v) is 22.8. The second-order valence-electron chi connectivity index (χ2n) is 10.2. The van der Waals surface area contributed by atoms with E-state index in [-0.39, 0.29) is 39.9 Å². The van der Waals surface area contributed by atoms with E-state index in [0.29, 0.717) is 23.6 Å². The first-order valence-electron chi connectivity index (χ1n) is 12.2. The van der Waals surface area contributed by atoms with Crippen LogP contribution < -0.4 is 16.0 Å². The highest BCUT2D eigenvalue weighted by Crippen LogP contribution is 2.35. The maximum absolute atomic E-state index is 15.4. The van der Waals surface area contributed by atoms with E-state index in [2.05, 4.69) is 20.9 Å². The van der Waals surface area contributed by atoms with Crippen molar-refractivity contribution in [2.75, 3.05) is 10.6 Å². The summed E-state index contributed by atoms with van der Waals surface area (Å²) in [6.07, 6.45) is -3.36. The number of nitrogens with zero attached hydrogens (tertiary/aromatic N) is 1. The van der Waals surface area contributed by atoms with Crippen LogP contribution in [0, 0.1) is 17.0 Å². The fraction of sp³-hybridized carbons (Fsp3) is 0.207. The van der Waals surface area contributed by atoms with Crippen molar-refractivity contribution >= 4 is 51.4 Å². The zero-order valence-electron chi connectivity index (χ0n) is 22.0. The molecule has 0 aliphatic rings. The smallest absolute Gasteiger partial charge is 0.353 e. The summed E-state index contributed by atoms with van der Waals surface area (Å²) >= 11 is 6.16. The molecule has 0 saturated heterocycles. The molecule has 1 aromatic heterocycles. The van der Waals surface area contributed by atoms with Crippen molar-refractivity contribution in [2.45, 2.75) is 33.5 Å². The molecule has 0 aliphatic heterocycles. The fourth-order valence-corrected chi connectivity index (χ4v) is 4.13. The maximum Gasteiger partial charge on any atom is 0.416 e. The first-order chi connectivity index (χ1) is 19.2. The number of anilines is 3. The van der Waals surface area contributed by atoms with Crippen LogP contribution in [0.5, 0.6) is 0 Å². The van der Waals surface area contributed by atoms with Crippen LogP contribution in [-0.2, 0) is 17.5 Å². The van der Waals surface area contributed by atoms with E-state index in [4.69, 9.17) is 11.6 Å². The number of amides is 2. The van der Waals surface area contributed by atoms with Gasteiger partial charge in [-0.3, -0.25) is 14.6 Å². The molecule has 214 valence electrons. The van der Waals surface area contributed by atoms with Gasteiger partial charge in [0.05, 0.1) is 33.0 Å². The number of halogens is 6. The summed E-state index contributed by atoms with van der Waals surface area (Å²) in [5.74, 6) is -3.03. The molecule has 4 rings (SSSR count). The van der Waals surface area contributed by atoms with Crippen LogP contribution in [0.25, 0.3) is 10.9 Å². The Morgan fingerprint density at radius 3 is 2.34 bits per heavy atom. The summed E-state index contributed by atoms with van der Waals surface area (Å²) in [4.78, 5) is 29.6. The van der Waals surface area contributed by atoms with Crippen LogP contribution >= 0.6 is 11.6 Å². The second-order valence-corrected chi connectivity index (χ2v) is 10.6. The Hall–Kier alpha value is -4.25. The number of aromatic nitrogens is 1. The van der Waals surface area contributed by atoms with Gasteiger partial charge >= 0.3 is 6.18 Å². The molecule has 0 saturated carbocycles. The monoisotopic (exact) mass is 590 g/mol. The minimum absolute atomic E-state index is 0.0443. The third kappa shape index (κ3) is 6.57. The topological polar surface area (TPSA) is 83.1 Å². The number of carbonyl (C=O) groups is 2. The van der Waals surface area contributed by atoms with Crippen molar-refractivity contribution in [3.63, 3.8) is 0 Å². The van der Waals surface area contributed by atoms with Crippen molar-refractivity contribution in [1.82, 2.24) is 10.3 Å². The number of nitrogens with one attached hydrogen (secondary N) is 3. The number of hydrogen-bond donors (Lipinski definition) is 3.